The number of sulfone groups is 1. The average Bonchev–Trinajstić information content (AvgIpc) is 2.97. The molecule has 9 heteroatoms. The van der Waals surface area contributed by atoms with Crippen LogP contribution in [0, 0.1) is 0 Å². The molecule has 0 unspecified atom stereocenters. The molecule has 0 spiro atoms. The molecule has 0 fully saturated rings. The molecule has 1 amide bonds. The summed E-state index contributed by atoms with van der Waals surface area (Å²) >= 11 is 13.2. The number of carbonyl (C=O) groups excluding carboxylic acids is 1. The zero-order chi connectivity index (χ0) is 21.2. The lowest BCUT2D eigenvalue weighted by atomic mass is 10.2. The van der Waals surface area contributed by atoms with E-state index in [0.29, 0.717) is 31.7 Å². The van der Waals surface area contributed by atoms with Crippen LogP contribution in [-0.2, 0) is 21.2 Å². The van der Waals surface area contributed by atoms with Crippen LogP contribution in [0.25, 0.3) is 16.3 Å². The number of allylic oxidation sites excluding steroid dienone is 1. The number of hydrogen-bond acceptors (Lipinski definition) is 4. The minimum absolute atomic E-state index is 0.215. The lowest BCUT2D eigenvalue weighted by Gasteiger charge is -2.02. The van der Waals surface area contributed by atoms with Crippen LogP contribution in [0.3, 0.4) is 0 Å². The molecular formula is C20H16Cl2N2O3S2. The molecular weight excluding hydrogens is 451 g/mol. The zero-order valence-corrected chi connectivity index (χ0v) is 18.4. The summed E-state index contributed by atoms with van der Waals surface area (Å²) in [6.07, 6.45) is 5.72. The molecule has 2 aromatic carbocycles. The molecule has 3 aromatic rings. The maximum Gasteiger partial charge on any atom is 0.272 e. The van der Waals surface area contributed by atoms with Crippen LogP contribution in [0.15, 0.2) is 65.0 Å². The van der Waals surface area contributed by atoms with Crippen LogP contribution in [0.1, 0.15) is 5.56 Å². The van der Waals surface area contributed by atoms with Crippen LogP contribution in [-0.4, -0.2) is 25.1 Å². The molecule has 0 aliphatic rings. The summed E-state index contributed by atoms with van der Waals surface area (Å²) in [6.45, 7) is 4.16. The predicted molar refractivity (Wildman–Crippen MR) is 119 cm³/mol. The number of nitrogens with zero attached hydrogens (tertiary/aromatic N) is 2. The SMILES string of the molecule is C=CCn1c(=NC(=O)/C=C/c2ccc(Cl)cc2Cl)sc2cc(S(C)(=O)=O)ccc21. The van der Waals surface area contributed by atoms with Crippen molar-refractivity contribution in [2.75, 3.05) is 6.26 Å². The van der Waals surface area contributed by atoms with Crippen molar-refractivity contribution in [3.63, 3.8) is 0 Å². The van der Waals surface area contributed by atoms with Crippen molar-refractivity contribution < 1.29 is 13.2 Å². The molecule has 0 aliphatic carbocycles. The molecule has 0 radical (unpaired) electrons. The minimum atomic E-state index is -3.33. The Morgan fingerprint density at radius 1 is 1.24 bits per heavy atom. The van der Waals surface area contributed by atoms with Gasteiger partial charge in [0.25, 0.3) is 5.91 Å². The van der Waals surface area contributed by atoms with Gasteiger partial charge in [-0.1, -0.05) is 46.7 Å². The summed E-state index contributed by atoms with van der Waals surface area (Å²) in [6, 6.07) is 9.81. The van der Waals surface area contributed by atoms with Crippen molar-refractivity contribution in [2.45, 2.75) is 11.4 Å². The number of thiazole rings is 1. The van der Waals surface area contributed by atoms with Crippen molar-refractivity contribution in [3.8, 4) is 0 Å². The molecule has 5 nitrogen and oxygen atoms in total. The highest BCUT2D eigenvalue weighted by Gasteiger charge is 2.12. The number of benzene rings is 2. The van der Waals surface area contributed by atoms with Gasteiger partial charge in [-0.05, 0) is 42.0 Å². The lowest BCUT2D eigenvalue weighted by Crippen LogP contribution is -2.15. The van der Waals surface area contributed by atoms with Crippen LogP contribution >= 0.6 is 34.5 Å². The van der Waals surface area contributed by atoms with Gasteiger partial charge in [-0.25, -0.2) is 8.42 Å². The predicted octanol–water partition coefficient (Wildman–Crippen LogP) is 4.74. The van der Waals surface area contributed by atoms with Gasteiger partial charge in [0.1, 0.15) is 0 Å². The van der Waals surface area contributed by atoms with Crippen LogP contribution < -0.4 is 4.80 Å². The number of halogens is 2. The summed E-state index contributed by atoms with van der Waals surface area (Å²) in [5, 5.41) is 0.936. The largest absolute Gasteiger partial charge is 0.312 e. The summed E-state index contributed by atoms with van der Waals surface area (Å²) in [4.78, 5) is 17.2. The molecule has 0 atom stereocenters. The van der Waals surface area contributed by atoms with Crippen molar-refractivity contribution >= 4 is 66.6 Å². The molecule has 0 N–H and O–H groups in total. The second-order valence-electron chi connectivity index (χ2n) is 6.13. The molecule has 0 saturated heterocycles. The van der Waals surface area contributed by atoms with Crippen molar-refractivity contribution in [2.24, 2.45) is 4.99 Å². The summed E-state index contributed by atoms with van der Waals surface area (Å²) in [5.41, 5.74) is 1.42. The molecule has 1 aromatic heterocycles. The third-order valence-electron chi connectivity index (χ3n) is 3.97. The second kappa shape index (κ2) is 8.67. The Morgan fingerprint density at radius 3 is 2.66 bits per heavy atom. The van der Waals surface area contributed by atoms with E-state index in [1.54, 1.807) is 47.1 Å². The molecule has 0 saturated carbocycles. The van der Waals surface area contributed by atoms with Crippen LogP contribution in [0.5, 0.6) is 0 Å². The number of fused-ring (bicyclic) bond motifs is 1. The number of carbonyl (C=O) groups is 1. The zero-order valence-electron chi connectivity index (χ0n) is 15.3. The molecule has 3 rings (SSSR count). The minimum Gasteiger partial charge on any atom is -0.312 e. The molecule has 0 bridgehead atoms. The smallest absolute Gasteiger partial charge is 0.272 e. The van der Waals surface area contributed by atoms with Gasteiger partial charge >= 0.3 is 0 Å². The van der Waals surface area contributed by atoms with E-state index < -0.39 is 15.7 Å². The van der Waals surface area contributed by atoms with Gasteiger partial charge in [0, 0.05) is 28.9 Å². The maximum atomic E-state index is 12.4. The fourth-order valence-electron chi connectivity index (χ4n) is 2.60. The second-order valence-corrected chi connectivity index (χ2v) is 10.0. The number of aromatic nitrogens is 1. The Kier molecular flexibility index (Phi) is 6.43. The number of amides is 1. The first-order valence-electron chi connectivity index (χ1n) is 8.35. The van der Waals surface area contributed by atoms with E-state index in [9.17, 15) is 13.2 Å². The quantitative estimate of drug-likeness (QED) is 0.402. The molecule has 29 heavy (non-hydrogen) atoms. The lowest BCUT2D eigenvalue weighted by molar-refractivity contribution is -0.113. The average molecular weight is 467 g/mol. The van der Waals surface area contributed by atoms with Gasteiger partial charge in [0.05, 0.1) is 15.1 Å². The van der Waals surface area contributed by atoms with E-state index in [2.05, 4.69) is 11.6 Å². The van der Waals surface area contributed by atoms with Gasteiger partial charge < -0.3 is 4.57 Å². The molecule has 1 heterocycles. The first-order chi connectivity index (χ1) is 13.7. The third kappa shape index (κ3) is 5.05. The van der Waals surface area contributed by atoms with Gasteiger partial charge in [-0.15, -0.1) is 6.58 Å². The van der Waals surface area contributed by atoms with Gasteiger partial charge in [0.2, 0.25) is 0 Å². The normalized spacial score (nSPS) is 12.7. The Bertz CT molecular complexity index is 1320. The number of rotatable bonds is 5. The monoisotopic (exact) mass is 466 g/mol. The highest BCUT2D eigenvalue weighted by Crippen LogP contribution is 2.23. The summed E-state index contributed by atoms with van der Waals surface area (Å²) in [7, 11) is -3.33. The van der Waals surface area contributed by atoms with E-state index in [1.807, 2.05) is 0 Å². The fraction of sp³-hybridized carbons (Fsp3) is 0.100. The standard InChI is InChI=1S/C20H16Cl2N2O3S2/c1-3-10-24-17-8-7-15(29(2,26)27)12-18(17)28-20(24)23-19(25)9-5-13-4-6-14(21)11-16(13)22/h3-9,11-12H,1,10H2,2H3/b9-5+,23-20?. The van der Waals surface area contributed by atoms with Crippen molar-refractivity contribution in [1.29, 1.82) is 0 Å². The third-order valence-corrected chi connectivity index (χ3v) is 6.68. The van der Waals surface area contributed by atoms with E-state index in [-0.39, 0.29) is 4.90 Å². The molecule has 0 aliphatic heterocycles. The topological polar surface area (TPSA) is 68.5 Å². The highest BCUT2D eigenvalue weighted by molar-refractivity contribution is 7.90. The number of hydrogen-bond donors (Lipinski definition) is 0. The Hall–Kier alpha value is -2.19. The Labute approximate surface area is 182 Å². The van der Waals surface area contributed by atoms with Crippen molar-refractivity contribution in [3.05, 3.63) is 75.5 Å². The Balaban J connectivity index is 2.03. The maximum absolute atomic E-state index is 12.4. The van der Waals surface area contributed by atoms with E-state index in [1.165, 1.54) is 23.5 Å². The van der Waals surface area contributed by atoms with E-state index >= 15 is 0 Å². The van der Waals surface area contributed by atoms with Gasteiger partial charge in [0.15, 0.2) is 14.6 Å². The van der Waals surface area contributed by atoms with E-state index in [0.717, 1.165) is 11.8 Å². The fourth-order valence-corrected chi connectivity index (χ4v) is 4.88. The van der Waals surface area contributed by atoms with E-state index in [4.69, 9.17) is 23.2 Å². The summed E-state index contributed by atoms with van der Waals surface area (Å²) < 4.78 is 26.2. The first kappa shape index (κ1) is 21.5. The van der Waals surface area contributed by atoms with Gasteiger partial charge in [-0.3, -0.25) is 4.79 Å². The van der Waals surface area contributed by atoms with Crippen molar-refractivity contribution in [1.82, 2.24) is 4.57 Å². The van der Waals surface area contributed by atoms with Gasteiger partial charge in [-0.2, -0.15) is 4.99 Å². The van der Waals surface area contributed by atoms with Crippen LogP contribution in [0.2, 0.25) is 10.0 Å². The first-order valence-corrected chi connectivity index (χ1v) is 11.8. The van der Waals surface area contributed by atoms with Crippen LogP contribution in [0.4, 0.5) is 0 Å². The summed E-state index contributed by atoms with van der Waals surface area (Å²) in [5.74, 6) is -0.469. The molecule has 150 valence electrons. The Morgan fingerprint density at radius 2 is 2.00 bits per heavy atom. The highest BCUT2D eigenvalue weighted by atomic mass is 35.5.